The third-order valence-electron chi connectivity index (χ3n) is 4.47. The van der Waals surface area contributed by atoms with Crippen molar-refractivity contribution in [2.75, 3.05) is 5.32 Å². The summed E-state index contributed by atoms with van der Waals surface area (Å²) in [6, 6.07) is 14.5. The number of nitrogens with zero attached hydrogens (tertiary/aromatic N) is 4. The van der Waals surface area contributed by atoms with Crippen molar-refractivity contribution < 1.29 is 13.5 Å². The molecule has 0 bridgehead atoms. The van der Waals surface area contributed by atoms with Gasteiger partial charge in [-0.05, 0) is 48.5 Å². The Labute approximate surface area is 174 Å². The predicted molar refractivity (Wildman–Crippen MR) is 111 cm³/mol. The summed E-state index contributed by atoms with van der Waals surface area (Å²) in [5.41, 5.74) is 2.46. The van der Waals surface area contributed by atoms with Crippen LogP contribution in [0, 0.1) is 11.6 Å². The van der Waals surface area contributed by atoms with Crippen LogP contribution in [0.1, 0.15) is 0 Å². The van der Waals surface area contributed by atoms with E-state index in [2.05, 4.69) is 30.2 Å². The number of aromatic amines is 1. The van der Waals surface area contributed by atoms with E-state index in [-0.39, 0.29) is 11.0 Å². The molecule has 0 amide bonds. The van der Waals surface area contributed by atoms with Crippen LogP contribution in [0.25, 0.3) is 22.3 Å². The highest BCUT2D eigenvalue weighted by Crippen LogP contribution is 2.30. The molecule has 0 unspecified atom stereocenters. The smallest absolute Gasteiger partial charge is 0.228 e. The Balaban J connectivity index is 1.35. The molecule has 0 aliphatic carbocycles. The van der Waals surface area contributed by atoms with Gasteiger partial charge < -0.3 is 15.0 Å². The molecule has 0 radical (unpaired) electrons. The fourth-order valence-electron chi connectivity index (χ4n) is 3.07. The van der Waals surface area contributed by atoms with E-state index >= 15 is 0 Å². The molecular formula is C22H14F2N6O. The normalized spacial score (nSPS) is 10.9. The second-order valence-corrected chi connectivity index (χ2v) is 6.57. The summed E-state index contributed by atoms with van der Waals surface area (Å²) in [5, 5.41) is 3.02. The standard InChI is InChI=1S/C22H14F2N6O/c23-13-10-17(24)20-19(11-13)29-22(30-20)28-14-3-5-15(6-4-14)31-21-16(2-1-8-26-21)18-7-9-25-12-27-18/h1-12H,(H2,28,29,30). The second-order valence-electron chi connectivity index (χ2n) is 6.57. The summed E-state index contributed by atoms with van der Waals surface area (Å²) in [6.45, 7) is 0. The summed E-state index contributed by atoms with van der Waals surface area (Å²) >= 11 is 0. The van der Waals surface area contributed by atoms with Crippen molar-refractivity contribution in [2.24, 2.45) is 0 Å². The van der Waals surface area contributed by atoms with Gasteiger partial charge in [0.1, 0.15) is 23.4 Å². The van der Waals surface area contributed by atoms with Crippen LogP contribution < -0.4 is 10.1 Å². The largest absolute Gasteiger partial charge is 0.438 e. The minimum Gasteiger partial charge on any atom is -0.438 e. The number of nitrogens with one attached hydrogen (secondary N) is 2. The molecule has 3 heterocycles. The van der Waals surface area contributed by atoms with Gasteiger partial charge in [-0.3, -0.25) is 0 Å². The Kier molecular flexibility index (Phi) is 4.68. The average Bonchev–Trinajstić information content (AvgIpc) is 3.19. The molecule has 0 spiro atoms. The lowest BCUT2D eigenvalue weighted by molar-refractivity contribution is 0.465. The summed E-state index contributed by atoms with van der Waals surface area (Å²) in [4.78, 5) is 19.4. The van der Waals surface area contributed by atoms with E-state index in [0.717, 1.165) is 11.6 Å². The molecule has 2 aromatic carbocycles. The van der Waals surface area contributed by atoms with Gasteiger partial charge in [0.05, 0.1) is 16.8 Å². The van der Waals surface area contributed by atoms with Crippen molar-refractivity contribution in [3.05, 3.63) is 85.0 Å². The van der Waals surface area contributed by atoms with Gasteiger partial charge in [-0.25, -0.2) is 28.7 Å². The monoisotopic (exact) mass is 416 g/mol. The second kappa shape index (κ2) is 7.79. The zero-order valence-corrected chi connectivity index (χ0v) is 15.9. The van der Waals surface area contributed by atoms with Gasteiger partial charge in [0.25, 0.3) is 0 Å². The van der Waals surface area contributed by atoms with Gasteiger partial charge in [0.15, 0.2) is 5.82 Å². The van der Waals surface area contributed by atoms with Crippen LogP contribution in [0.4, 0.5) is 20.4 Å². The highest BCUT2D eigenvalue weighted by Gasteiger charge is 2.11. The maximum absolute atomic E-state index is 13.8. The Morgan fingerprint density at radius 2 is 1.81 bits per heavy atom. The first-order chi connectivity index (χ1) is 15.2. The van der Waals surface area contributed by atoms with Crippen LogP contribution in [-0.2, 0) is 0 Å². The van der Waals surface area contributed by atoms with E-state index in [1.807, 2.05) is 6.07 Å². The first-order valence-electron chi connectivity index (χ1n) is 9.27. The number of rotatable bonds is 5. The molecule has 0 atom stereocenters. The molecular weight excluding hydrogens is 402 g/mol. The first-order valence-corrected chi connectivity index (χ1v) is 9.27. The fourth-order valence-corrected chi connectivity index (χ4v) is 3.07. The number of hydrogen-bond acceptors (Lipinski definition) is 6. The Bertz CT molecular complexity index is 1360. The minimum atomic E-state index is -0.724. The van der Waals surface area contributed by atoms with Crippen LogP contribution >= 0.6 is 0 Å². The molecule has 152 valence electrons. The van der Waals surface area contributed by atoms with Gasteiger partial charge in [-0.2, -0.15) is 0 Å². The van der Waals surface area contributed by atoms with E-state index in [1.54, 1.807) is 48.8 Å². The number of ether oxygens (including phenoxy) is 1. The molecule has 5 rings (SSSR count). The lowest BCUT2D eigenvalue weighted by Gasteiger charge is -2.10. The van der Waals surface area contributed by atoms with Crippen LogP contribution in [-0.4, -0.2) is 24.9 Å². The zero-order valence-electron chi connectivity index (χ0n) is 15.9. The zero-order chi connectivity index (χ0) is 21.2. The summed E-state index contributed by atoms with van der Waals surface area (Å²) in [6.07, 6.45) is 4.75. The number of hydrogen-bond donors (Lipinski definition) is 2. The molecule has 0 aliphatic heterocycles. The van der Waals surface area contributed by atoms with Gasteiger partial charge >= 0.3 is 0 Å². The number of anilines is 2. The highest BCUT2D eigenvalue weighted by atomic mass is 19.1. The molecule has 3 aromatic heterocycles. The van der Waals surface area contributed by atoms with Gasteiger partial charge in [-0.1, -0.05) is 0 Å². The molecule has 31 heavy (non-hydrogen) atoms. The number of pyridine rings is 1. The lowest BCUT2D eigenvalue weighted by atomic mass is 10.2. The molecule has 7 nitrogen and oxygen atoms in total. The number of halogens is 2. The van der Waals surface area contributed by atoms with E-state index in [1.165, 1.54) is 12.4 Å². The van der Waals surface area contributed by atoms with Crippen molar-refractivity contribution in [3.63, 3.8) is 0 Å². The summed E-state index contributed by atoms with van der Waals surface area (Å²) in [5.74, 6) is -0.117. The Hall–Kier alpha value is -4.40. The third kappa shape index (κ3) is 3.88. The van der Waals surface area contributed by atoms with Crippen molar-refractivity contribution in [2.45, 2.75) is 0 Å². The van der Waals surface area contributed by atoms with E-state index < -0.39 is 11.6 Å². The molecule has 9 heteroatoms. The minimum absolute atomic E-state index is 0.0660. The quantitative estimate of drug-likeness (QED) is 0.408. The van der Waals surface area contributed by atoms with Crippen LogP contribution in [0.15, 0.2) is 73.3 Å². The van der Waals surface area contributed by atoms with Crippen molar-refractivity contribution in [3.8, 4) is 22.9 Å². The van der Waals surface area contributed by atoms with Gasteiger partial charge in [0, 0.05) is 24.1 Å². The highest BCUT2D eigenvalue weighted by molar-refractivity contribution is 5.79. The number of fused-ring (bicyclic) bond motifs is 1. The van der Waals surface area contributed by atoms with Gasteiger partial charge in [0.2, 0.25) is 11.8 Å². The van der Waals surface area contributed by atoms with Gasteiger partial charge in [-0.15, -0.1) is 0 Å². The number of H-pyrrole nitrogens is 1. The van der Waals surface area contributed by atoms with Crippen LogP contribution in [0.5, 0.6) is 11.6 Å². The molecule has 2 N–H and O–H groups in total. The third-order valence-corrected chi connectivity index (χ3v) is 4.47. The SMILES string of the molecule is Fc1cc(F)c2nc(Nc3ccc(Oc4ncccc4-c4ccncn4)cc3)[nH]c2c1. The fraction of sp³-hybridized carbons (Fsp3) is 0. The molecule has 0 saturated heterocycles. The van der Waals surface area contributed by atoms with Crippen molar-refractivity contribution >= 4 is 22.7 Å². The molecule has 0 aliphatic rings. The van der Waals surface area contributed by atoms with Crippen LogP contribution in [0.3, 0.4) is 0 Å². The van der Waals surface area contributed by atoms with Crippen molar-refractivity contribution in [1.29, 1.82) is 0 Å². The number of imidazole rings is 1. The topological polar surface area (TPSA) is 88.6 Å². The number of benzene rings is 2. The van der Waals surface area contributed by atoms with E-state index in [0.29, 0.717) is 29.0 Å². The summed E-state index contributed by atoms with van der Waals surface area (Å²) in [7, 11) is 0. The molecule has 5 aromatic rings. The van der Waals surface area contributed by atoms with E-state index in [4.69, 9.17) is 4.74 Å². The maximum atomic E-state index is 13.8. The molecule has 0 fully saturated rings. The lowest BCUT2D eigenvalue weighted by Crippen LogP contribution is -1.94. The van der Waals surface area contributed by atoms with E-state index in [9.17, 15) is 8.78 Å². The maximum Gasteiger partial charge on any atom is 0.228 e. The van der Waals surface area contributed by atoms with Crippen LogP contribution in [0.2, 0.25) is 0 Å². The Morgan fingerprint density at radius 1 is 0.935 bits per heavy atom. The Morgan fingerprint density at radius 3 is 2.61 bits per heavy atom. The first kappa shape index (κ1) is 18.6. The number of aromatic nitrogens is 5. The predicted octanol–water partition coefficient (Wildman–Crippen LogP) is 5.23. The van der Waals surface area contributed by atoms with Crippen molar-refractivity contribution in [1.82, 2.24) is 24.9 Å². The summed E-state index contributed by atoms with van der Waals surface area (Å²) < 4.78 is 33.1. The molecule has 0 saturated carbocycles. The average molecular weight is 416 g/mol.